The number of nitrogens with two attached hydrogens (primary N) is 1. The van der Waals surface area contributed by atoms with Crippen LogP contribution in [0.25, 0.3) is 22.2 Å². The van der Waals surface area contributed by atoms with Crippen LogP contribution in [-0.4, -0.2) is 27.1 Å². The van der Waals surface area contributed by atoms with E-state index in [4.69, 9.17) is 32.0 Å². The number of hydrogen-bond donors (Lipinski definition) is 1. The molecule has 0 saturated heterocycles. The summed E-state index contributed by atoms with van der Waals surface area (Å²) in [6, 6.07) is 15.1. The van der Waals surface area contributed by atoms with Gasteiger partial charge in [0.2, 0.25) is 0 Å². The molecule has 0 fully saturated rings. The van der Waals surface area contributed by atoms with Gasteiger partial charge in [-0.05, 0) is 30.2 Å². The Labute approximate surface area is 186 Å². The lowest BCUT2D eigenvalue weighted by atomic mass is 10.2. The molecular formula is C24H25ClN4O2. The largest absolute Gasteiger partial charge is 0.462 e. The molecule has 0 amide bonds. The highest BCUT2D eigenvalue weighted by Gasteiger charge is 2.25. The van der Waals surface area contributed by atoms with Crippen LogP contribution in [0, 0.1) is 0 Å². The summed E-state index contributed by atoms with van der Waals surface area (Å²) in [5, 5.41) is 0.623. The molecule has 2 N–H and O–H groups in total. The summed E-state index contributed by atoms with van der Waals surface area (Å²) in [5.41, 5.74) is 10.0. The Morgan fingerprint density at radius 1 is 1.03 bits per heavy atom. The summed E-state index contributed by atoms with van der Waals surface area (Å²) in [6.07, 6.45) is 4.09. The van der Waals surface area contributed by atoms with Gasteiger partial charge in [0.1, 0.15) is 16.9 Å². The zero-order valence-electron chi connectivity index (χ0n) is 17.5. The number of carbonyl (C=O) groups excluding carboxylic acids is 1. The van der Waals surface area contributed by atoms with Gasteiger partial charge in [0.25, 0.3) is 0 Å². The molecule has 6 nitrogen and oxygen atoms in total. The zero-order chi connectivity index (χ0) is 21.8. The fourth-order valence-electron chi connectivity index (χ4n) is 3.64. The van der Waals surface area contributed by atoms with E-state index in [2.05, 4.69) is 6.92 Å². The third kappa shape index (κ3) is 4.35. The number of nitrogen functional groups attached to an aromatic ring is 1. The molecule has 0 aliphatic heterocycles. The van der Waals surface area contributed by atoms with Gasteiger partial charge in [-0.3, -0.25) is 0 Å². The fourth-order valence-corrected chi connectivity index (χ4v) is 3.84. The maximum absolute atomic E-state index is 13.0. The van der Waals surface area contributed by atoms with E-state index in [9.17, 15) is 4.79 Å². The number of esters is 1. The van der Waals surface area contributed by atoms with E-state index < -0.39 is 5.97 Å². The number of benzene rings is 2. The van der Waals surface area contributed by atoms with Gasteiger partial charge in [-0.25, -0.2) is 14.8 Å². The fraction of sp³-hybridized carbons (Fsp3) is 0.292. The summed E-state index contributed by atoms with van der Waals surface area (Å²) >= 11 is 6.37. The van der Waals surface area contributed by atoms with E-state index in [1.807, 2.05) is 48.5 Å². The number of fused-ring (bicyclic) bond motifs is 2. The van der Waals surface area contributed by atoms with Crippen LogP contribution >= 0.6 is 11.6 Å². The highest BCUT2D eigenvalue weighted by Crippen LogP contribution is 2.30. The summed E-state index contributed by atoms with van der Waals surface area (Å²) in [4.78, 5) is 22.4. The van der Waals surface area contributed by atoms with Gasteiger partial charge >= 0.3 is 5.97 Å². The van der Waals surface area contributed by atoms with Crippen LogP contribution in [-0.2, 0) is 11.3 Å². The third-order valence-electron chi connectivity index (χ3n) is 5.31. The lowest BCUT2D eigenvalue weighted by Crippen LogP contribution is -2.11. The number of anilines is 1. The van der Waals surface area contributed by atoms with E-state index in [0.29, 0.717) is 34.9 Å². The van der Waals surface area contributed by atoms with Gasteiger partial charge in [-0.1, -0.05) is 68.1 Å². The van der Waals surface area contributed by atoms with Crippen molar-refractivity contribution in [3.63, 3.8) is 0 Å². The van der Waals surface area contributed by atoms with Gasteiger partial charge in [-0.15, -0.1) is 0 Å². The van der Waals surface area contributed by atoms with Gasteiger partial charge in [0.05, 0.1) is 24.2 Å². The second-order valence-electron chi connectivity index (χ2n) is 7.52. The maximum Gasteiger partial charge on any atom is 0.344 e. The minimum Gasteiger partial charge on any atom is -0.462 e. The molecule has 0 radical (unpaired) electrons. The van der Waals surface area contributed by atoms with Crippen LogP contribution < -0.4 is 5.73 Å². The molecule has 0 unspecified atom stereocenters. The number of hydrogen-bond acceptors (Lipinski definition) is 5. The Morgan fingerprint density at radius 3 is 2.48 bits per heavy atom. The molecule has 0 aliphatic carbocycles. The molecule has 0 atom stereocenters. The van der Waals surface area contributed by atoms with E-state index in [0.717, 1.165) is 36.8 Å². The Hall–Kier alpha value is -3.12. The summed E-state index contributed by atoms with van der Waals surface area (Å²) < 4.78 is 7.32. The minimum absolute atomic E-state index is 0.260. The molecule has 2 aromatic heterocycles. The lowest BCUT2D eigenvalue weighted by molar-refractivity contribution is 0.0501. The molecule has 2 heterocycles. The van der Waals surface area contributed by atoms with Crippen LogP contribution in [0.4, 0.5) is 5.82 Å². The predicted molar refractivity (Wildman–Crippen MR) is 124 cm³/mol. The van der Waals surface area contributed by atoms with Crippen molar-refractivity contribution in [3.05, 3.63) is 64.7 Å². The summed E-state index contributed by atoms with van der Waals surface area (Å²) in [6.45, 7) is 2.87. The highest BCUT2D eigenvalue weighted by molar-refractivity contribution is 6.31. The predicted octanol–water partition coefficient (Wildman–Crippen LogP) is 5.61. The molecule has 31 heavy (non-hydrogen) atoms. The molecule has 160 valence electrons. The van der Waals surface area contributed by atoms with Gasteiger partial charge in [-0.2, -0.15) is 0 Å². The van der Waals surface area contributed by atoms with Crippen molar-refractivity contribution in [2.45, 2.75) is 39.2 Å². The van der Waals surface area contributed by atoms with Crippen molar-refractivity contribution < 1.29 is 9.53 Å². The average Bonchev–Trinajstić information content (AvgIpc) is 3.04. The number of para-hydroxylation sites is 2. The third-order valence-corrected chi connectivity index (χ3v) is 5.68. The van der Waals surface area contributed by atoms with Gasteiger partial charge < -0.3 is 15.0 Å². The second kappa shape index (κ2) is 9.35. The second-order valence-corrected chi connectivity index (χ2v) is 7.93. The lowest BCUT2D eigenvalue weighted by Gasteiger charge is -2.09. The first kappa shape index (κ1) is 21.1. The van der Waals surface area contributed by atoms with Crippen LogP contribution in [0.3, 0.4) is 0 Å². The standard InChI is InChI=1S/C24H25ClN4O2/c1-2-3-4-9-14-31-24(30)20-21-23(28-19-13-8-7-12-18(19)27-21)29(22(20)26)15-16-10-5-6-11-17(16)25/h5-8,10-13H,2-4,9,14-15,26H2,1H3. The van der Waals surface area contributed by atoms with Crippen LogP contribution in [0.1, 0.15) is 48.5 Å². The number of carbonyl (C=O) groups is 1. The SMILES string of the molecule is CCCCCCOC(=O)c1c(N)n(Cc2ccccc2Cl)c2nc3ccccc3nc12. The van der Waals surface area contributed by atoms with Crippen molar-refractivity contribution in [1.82, 2.24) is 14.5 Å². The average molecular weight is 437 g/mol. The van der Waals surface area contributed by atoms with Crippen molar-refractivity contribution in [2.75, 3.05) is 12.3 Å². The molecule has 0 saturated carbocycles. The maximum atomic E-state index is 13.0. The first-order valence-corrected chi connectivity index (χ1v) is 10.9. The topological polar surface area (TPSA) is 83.0 Å². The van der Waals surface area contributed by atoms with Gasteiger partial charge in [0.15, 0.2) is 5.65 Å². The molecule has 2 aromatic carbocycles. The van der Waals surface area contributed by atoms with Crippen molar-refractivity contribution in [2.24, 2.45) is 0 Å². The monoisotopic (exact) mass is 436 g/mol. The summed E-state index contributed by atoms with van der Waals surface area (Å²) in [7, 11) is 0. The highest BCUT2D eigenvalue weighted by atomic mass is 35.5. The molecule has 0 spiro atoms. The smallest absolute Gasteiger partial charge is 0.344 e. The number of unbranched alkanes of at least 4 members (excludes halogenated alkanes) is 3. The van der Waals surface area contributed by atoms with Crippen LogP contribution in [0.5, 0.6) is 0 Å². The van der Waals surface area contributed by atoms with Crippen LogP contribution in [0.2, 0.25) is 5.02 Å². The molecular weight excluding hydrogens is 412 g/mol. The van der Waals surface area contributed by atoms with Crippen molar-refractivity contribution in [1.29, 1.82) is 0 Å². The van der Waals surface area contributed by atoms with E-state index in [-0.39, 0.29) is 11.4 Å². The minimum atomic E-state index is -0.471. The summed E-state index contributed by atoms with van der Waals surface area (Å²) in [5.74, 6) is -0.190. The number of rotatable bonds is 8. The van der Waals surface area contributed by atoms with Crippen LogP contribution in [0.15, 0.2) is 48.5 Å². The Kier molecular flexibility index (Phi) is 6.37. The number of nitrogens with zero attached hydrogens (tertiary/aromatic N) is 3. The Morgan fingerprint density at radius 2 is 1.74 bits per heavy atom. The van der Waals surface area contributed by atoms with Crippen molar-refractivity contribution in [3.8, 4) is 0 Å². The molecule has 4 rings (SSSR count). The van der Waals surface area contributed by atoms with Gasteiger partial charge in [0, 0.05) is 5.02 Å². The Bertz CT molecular complexity index is 1240. The zero-order valence-corrected chi connectivity index (χ0v) is 18.2. The number of aromatic nitrogens is 3. The number of halogens is 1. The molecule has 4 aromatic rings. The quantitative estimate of drug-likeness (QED) is 0.287. The van der Waals surface area contributed by atoms with Crippen molar-refractivity contribution >= 4 is 45.6 Å². The Balaban J connectivity index is 1.77. The van der Waals surface area contributed by atoms with E-state index >= 15 is 0 Å². The normalized spacial score (nSPS) is 11.3. The molecule has 7 heteroatoms. The number of ether oxygens (including phenoxy) is 1. The first-order chi connectivity index (χ1) is 15.1. The van der Waals surface area contributed by atoms with E-state index in [1.54, 1.807) is 4.57 Å². The first-order valence-electron chi connectivity index (χ1n) is 10.5. The van der Waals surface area contributed by atoms with E-state index in [1.165, 1.54) is 0 Å². The molecule has 0 aliphatic rings. The molecule has 0 bridgehead atoms.